The van der Waals surface area contributed by atoms with Crippen molar-refractivity contribution in [2.24, 2.45) is 0 Å². The van der Waals surface area contributed by atoms with E-state index in [4.69, 9.17) is 5.11 Å². The fourth-order valence-electron chi connectivity index (χ4n) is 3.24. The Bertz CT molecular complexity index is 868. The van der Waals surface area contributed by atoms with Crippen molar-refractivity contribution < 1.29 is 19.5 Å². The summed E-state index contributed by atoms with van der Waals surface area (Å²) in [5.74, 6) is -1.21. The smallest absolute Gasteiger partial charge is 0.335 e. The summed E-state index contributed by atoms with van der Waals surface area (Å²) in [6.45, 7) is 3.39. The molecule has 2 N–H and O–H groups in total. The van der Waals surface area contributed by atoms with Crippen molar-refractivity contribution >= 4 is 23.5 Å². The second-order valence-corrected chi connectivity index (χ2v) is 6.70. The van der Waals surface area contributed by atoms with Gasteiger partial charge >= 0.3 is 5.97 Å². The maximum atomic E-state index is 12.6. The van der Waals surface area contributed by atoms with Crippen LogP contribution in [0, 0.1) is 6.92 Å². The molecule has 6 heteroatoms. The number of nitrogens with one attached hydrogen (secondary N) is 1. The van der Waals surface area contributed by atoms with Crippen LogP contribution in [0.15, 0.2) is 42.5 Å². The van der Waals surface area contributed by atoms with Crippen LogP contribution in [0.3, 0.4) is 0 Å². The number of rotatable bonds is 5. The molecule has 2 aromatic carbocycles. The highest BCUT2D eigenvalue weighted by Crippen LogP contribution is 2.22. The number of benzene rings is 2. The van der Waals surface area contributed by atoms with E-state index in [2.05, 4.69) is 5.32 Å². The Balaban J connectivity index is 1.69. The number of carbonyl (C=O) groups excluding carboxylic acids is 2. The maximum absolute atomic E-state index is 12.6. The third kappa shape index (κ3) is 4.34. The number of nitrogens with zero attached hydrogens (tertiary/aromatic N) is 1. The van der Waals surface area contributed by atoms with Gasteiger partial charge in [-0.1, -0.05) is 18.2 Å². The van der Waals surface area contributed by atoms with Crippen LogP contribution in [-0.2, 0) is 11.2 Å². The Labute approximate surface area is 157 Å². The predicted octanol–water partition coefficient (Wildman–Crippen LogP) is 3.11. The molecular formula is C21H22N2O4. The van der Waals surface area contributed by atoms with Gasteiger partial charge in [0, 0.05) is 24.3 Å². The van der Waals surface area contributed by atoms with Gasteiger partial charge < -0.3 is 15.3 Å². The molecule has 0 radical (unpaired) electrons. The Morgan fingerprint density at radius 2 is 1.70 bits per heavy atom. The van der Waals surface area contributed by atoms with E-state index in [1.54, 1.807) is 30.3 Å². The third-order valence-corrected chi connectivity index (χ3v) is 4.80. The minimum Gasteiger partial charge on any atom is -0.478 e. The van der Waals surface area contributed by atoms with Crippen molar-refractivity contribution in [2.75, 3.05) is 18.4 Å². The molecule has 0 bridgehead atoms. The van der Waals surface area contributed by atoms with Crippen LogP contribution in [0.25, 0.3) is 0 Å². The zero-order valence-corrected chi connectivity index (χ0v) is 15.2. The molecule has 0 atom stereocenters. The molecule has 0 aliphatic carbocycles. The molecule has 1 saturated heterocycles. The van der Waals surface area contributed by atoms with Gasteiger partial charge in [0.15, 0.2) is 0 Å². The van der Waals surface area contributed by atoms with Gasteiger partial charge in [-0.15, -0.1) is 0 Å². The first-order chi connectivity index (χ1) is 13.0. The first kappa shape index (κ1) is 18.6. The summed E-state index contributed by atoms with van der Waals surface area (Å²) in [7, 11) is 0. The van der Waals surface area contributed by atoms with E-state index in [-0.39, 0.29) is 23.8 Å². The summed E-state index contributed by atoms with van der Waals surface area (Å²) in [6.07, 6.45) is 2.19. The lowest BCUT2D eigenvalue weighted by atomic mass is 10.0. The van der Waals surface area contributed by atoms with Gasteiger partial charge in [0.25, 0.3) is 5.91 Å². The van der Waals surface area contributed by atoms with Crippen LogP contribution in [0.4, 0.5) is 5.69 Å². The van der Waals surface area contributed by atoms with Crippen molar-refractivity contribution in [3.8, 4) is 0 Å². The molecule has 2 aromatic rings. The molecule has 2 amide bonds. The monoisotopic (exact) mass is 366 g/mol. The van der Waals surface area contributed by atoms with Gasteiger partial charge in [0.05, 0.1) is 12.0 Å². The molecule has 27 heavy (non-hydrogen) atoms. The van der Waals surface area contributed by atoms with Crippen LogP contribution in [0.2, 0.25) is 0 Å². The van der Waals surface area contributed by atoms with Crippen molar-refractivity contribution in [3.63, 3.8) is 0 Å². The molecule has 6 nitrogen and oxygen atoms in total. The van der Waals surface area contributed by atoms with Crippen LogP contribution in [0.5, 0.6) is 0 Å². The van der Waals surface area contributed by atoms with Gasteiger partial charge in [0.1, 0.15) is 0 Å². The van der Waals surface area contributed by atoms with Crippen molar-refractivity contribution in [2.45, 2.75) is 26.2 Å². The Morgan fingerprint density at radius 1 is 1.04 bits per heavy atom. The van der Waals surface area contributed by atoms with Crippen LogP contribution < -0.4 is 5.32 Å². The summed E-state index contributed by atoms with van der Waals surface area (Å²) in [5, 5.41) is 11.8. The lowest BCUT2D eigenvalue weighted by Crippen LogP contribution is -2.28. The molecule has 0 spiro atoms. The first-order valence-corrected chi connectivity index (χ1v) is 8.96. The quantitative estimate of drug-likeness (QED) is 0.851. The Kier molecular flexibility index (Phi) is 5.54. The second-order valence-electron chi connectivity index (χ2n) is 6.70. The minimum absolute atomic E-state index is 0.00496. The number of hydrogen-bond acceptors (Lipinski definition) is 3. The minimum atomic E-state index is -0.999. The highest BCUT2D eigenvalue weighted by atomic mass is 16.4. The number of likely N-dealkylation sites (tertiary alicyclic amines) is 1. The highest BCUT2D eigenvalue weighted by molar-refractivity contribution is 5.99. The second kappa shape index (κ2) is 8.03. The molecule has 1 fully saturated rings. The van der Waals surface area contributed by atoms with Gasteiger partial charge in [-0.25, -0.2) is 4.79 Å². The van der Waals surface area contributed by atoms with E-state index in [0.717, 1.165) is 37.1 Å². The van der Waals surface area contributed by atoms with E-state index in [1.807, 2.05) is 11.8 Å². The molecule has 0 unspecified atom stereocenters. The van der Waals surface area contributed by atoms with Crippen LogP contribution in [-0.4, -0.2) is 40.9 Å². The lowest BCUT2D eigenvalue weighted by molar-refractivity contribution is -0.115. The first-order valence-electron chi connectivity index (χ1n) is 8.96. The van der Waals surface area contributed by atoms with E-state index in [0.29, 0.717) is 11.3 Å². The van der Waals surface area contributed by atoms with Gasteiger partial charge in [-0.3, -0.25) is 9.59 Å². The SMILES string of the molecule is Cc1c(NC(=O)Cc2ccc(C(=O)O)cc2)cccc1C(=O)N1CCCC1. The number of aromatic carboxylic acids is 1. The molecule has 0 aromatic heterocycles. The standard InChI is InChI=1S/C21H22N2O4/c1-14-17(20(25)23-11-2-3-12-23)5-4-6-18(14)22-19(24)13-15-7-9-16(10-8-15)21(26)27/h4-10H,2-3,11-13H2,1H3,(H,22,24)(H,26,27). The van der Waals surface area contributed by atoms with E-state index in [1.165, 1.54) is 12.1 Å². The number of carboxylic acids is 1. The summed E-state index contributed by atoms with van der Waals surface area (Å²) >= 11 is 0. The summed E-state index contributed by atoms with van der Waals surface area (Å²) in [5.41, 5.74) is 2.89. The summed E-state index contributed by atoms with van der Waals surface area (Å²) < 4.78 is 0. The predicted molar refractivity (Wildman–Crippen MR) is 102 cm³/mol. The molecular weight excluding hydrogens is 344 g/mol. The maximum Gasteiger partial charge on any atom is 0.335 e. The van der Waals surface area contributed by atoms with E-state index < -0.39 is 5.97 Å². The summed E-state index contributed by atoms with van der Waals surface area (Å²) in [4.78, 5) is 37.7. The van der Waals surface area contributed by atoms with E-state index >= 15 is 0 Å². The zero-order chi connectivity index (χ0) is 19.4. The normalized spacial score (nSPS) is 13.4. The average molecular weight is 366 g/mol. The molecule has 3 rings (SSSR count). The molecule has 140 valence electrons. The fourth-order valence-corrected chi connectivity index (χ4v) is 3.24. The van der Waals surface area contributed by atoms with Gasteiger partial charge in [-0.05, 0) is 55.2 Å². The number of hydrogen-bond donors (Lipinski definition) is 2. The summed E-state index contributed by atoms with van der Waals surface area (Å²) in [6, 6.07) is 11.6. The molecule has 1 aliphatic heterocycles. The number of carboxylic acid groups (broad SMARTS) is 1. The number of amides is 2. The average Bonchev–Trinajstić information content (AvgIpc) is 3.18. The van der Waals surface area contributed by atoms with Crippen molar-refractivity contribution in [3.05, 3.63) is 64.7 Å². The molecule has 0 saturated carbocycles. The van der Waals surface area contributed by atoms with Crippen LogP contribution >= 0.6 is 0 Å². The lowest BCUT2D eigenvalue weighted by Gasteiger charge is -2.18. The third-order valence-electron chi connectivity index (χ3n) is 4.80. The highest BCUT2D eigenvalue weighted by Gasteiger charge is 2.22. The number of anilines is 1. The van der Waals surface area contributed by atoms with Crippen LogP contribution in [0.1, 0.15) is 44.7 Å². The van der Waals surface area contributed by atoms with Crippen molar-refractivity contribution in [1.29, 1.82) is 0 Å². The zero-order valence-electron chi connectivity index (χ0n) is 15.2. The topological polar surface area (TPSA) is 86.7 Å². The Morgan fingerprint density at radius 3 is 2.33 bits per heavy atom. The van der Waals surface area contributed by atoms with Crippen molar-refractivity contribution in [1.82, 2.24) is 4.90 Å². The Hall–Kier alpha value is -3.15. The fraction of sp³-hybridized carbons (Fsp3) is 0.286. The van der Waals surface area contributed by atoms with E-state index in [9.17, 15) is 14.4 Å². The number of carbonyl (C=O) groups is 3. The largest absolute Gasteiger partial charge is 0.478 e. The molecule has 1 heterocycles. The molecule has 1 aliphatic rings. The van der Waals surface area contributed by atoms with Gasteiger partial charge in [0.2, 0.25) is 5.91 Å². The van der Waals surface area contributed by atoms with Gasteiger partial charge in [-0.2, -0.15) is 0 Å².